The maximum Gasteiger partial charge on any atom is 0.185 e. The summed E-state index contributed by atoms with van der Waals surface area (Å²) in [5.74, 6) is 3.40. The Balaban J connectivity index is 1.65. The standard InChI is InChI=1S/C21H41N3/c22-21(23)24-17-11-3-1-2-10-16-20(18-12-6-4-7-13-18)19-14-8-5-9-15-19/h18-20H,1-17H2,(H4,22,23,24). The van der Waals surface area contributed by atoms with Gasteiger partial charge < -0.3 is 11.5 Å². The van der Waals surface area contributed by atoms with Crippen LogP contribution in [0.3, 0.4) is 0 Å². The summed E-state index contributed by atoms with van der Waals surface area (Å²) in [6.45, 7) is 0.801. The molecule has 3 nitrogen and oxygen atoms in total. The largest absolute Gasteiger partial charge is 0.370 e. The van der Waals surface area contributed by atoms with E-state index in [4.69, 9.17) is 11.5 Å². The molecule has 0 aromatic carbocycles. The second-order valence-corrected chi connectivity index (χ2v) is 8.32. The van der Waals surface area contributed by atoms with Crippen molar-refractivity contribution < 1.29 is 0 Å². The molecule has 2 fully saturated rings. The second kappa shape index (κ2) is 11.8. The summed E-state index contributed by atoms with van der Waals surface area (Å²) in [5, 5.41) is 0. The topological polar surface area (TPSA) is 64.4 Å². The lowest BCUT2D eigenvalue weighted by atomic mass is 9.68. The summed E-state index contributed by atoms with van der Waals surface area (Å²) in [6, 6.07) is 0. The molecule has 0 atom stereocenters. The van der Waals surface area contributed by atoms with E-state index in [0.29, 0.717) is 0 Å². The van der Waals surface area contributed by atoms with Gasteiger partial charge in [0.05, 0.1) is 0 Å². The molecule has 3 heteroatoms. The molecule has 0 bridgehead atoms. The molecule has 0 spiro atoms. The van der Waals surface area contributed by atoms with Crippen LogP contribution in [-0.2, 0) is 0 Å². The number of guanidine groups is 1. The van der Waals surface area contributed by atoms with Gasteiger partial charge in [-0.05, 0) is 30.6 Å². The Morgan fingerprint density at radius 1 is 0.708 bits per heavy atom. The average molecular weight is 336 g/mol. The Morgan fingerprint density at radius 2 is 1.21 bits per heavy atom. The van der Waals surface area contributed by atoms with Crippen molar-refractivity contribution in [3.63, 3.8) is 0 Å². The van der Waals surface area contributed by atoms with Crippen LogP contribution >= 0.6 is 0 Å². The van der Waals surface area contributed by atoms with Crippen molar-refractivity contribution in [2.24, 2.45) is 34.2 Å². The SMILES string of the molecule is NC(N)=NCCCCCCCC(C1CCCCC1)C1CCCCC1. The third-order valence-electron chi connectivity index (χ3n) is 6.50. The highest BCUT2D eigenvalue weighted by Gasteiger charge is 2.30. The van der Waals surface area contributed by atoms with E-state index in [1.165, 1.54) is 96.3 Å². The van der Waals surface area contributed by atoms with Crippen molar-refractivity contribution in [1.82, 2.24) is 0 Å². The molecule has 24 heavy (non-hydrogen) atoms. The Bertz CT molecular complexity index is 319. The highest BCUT2D eigenvalue weighted by atomic mass is 15.0. The molecule has 0 radical (unpaired) electrons. The van der Waals surface area contributed by atoms with Crippen molar-refractivity contribution in [3.8, 4) is 0 Å². The van der Waals surface area contributed by atoms with Crippen LogP contribution in [0.25, 0.3) is 0 Å². The first-order valence-electron chi connectivity index (χ1n) is 10.8. The molecule has 0 aliphatic heterocycles. The van der Waals surface area contributed by atoms with Gasteiger partial charge in [-0.1, -0.05) is 89.9 Å². The van der Waals surface area contributed by atoms with Crippen molar-refractivity contribution >= 4 is 5.96 Å². The van der Waals surface area contributed by atoms with Gasteiger partial charge in [0, 0.05) is 6.54 Å². The summed E-state index contributed by atoms with van der Waals surface area (Å²) in [6.07, 6.45) is 23.2. The lowest BCUT2D eigenvalue weighted by Crippen LogP contribution is -2.27. The van der Waals surface area contributed by atoms with E-state index in [-0.39, 0.29) is 5.96 Å². The quantitative estimate of drug-likeness (QED) is 0.320. The van der Waals surface area contributed by atoms with Gasteiger partial charge in [0.1, 0.15) is 0 Å². The van der Waals surface area contributed by atoms with Crippen LogP contribution in [0.15, 0.2) is 4.99 Å². The number of nitrogens with zero attached hydrogens (tertiary/aromatic N) is 1. The molecule has 2 aliphatic rings. The fraction of sp³-hybridized carbons (Fsp3) is 0.952. The smallest absolute Gasteiger partial charge is 0.185 e. The summed E-state index contributed by atoms with van der Waals surface area (Å²) >= 11 is 0. The minimum Gasteiger partial charge on any atom is -0.370 e. The number of hydrogen-bond donors (Lipinski definition) is 2. The Labute approximate surface area is 150 Å². The monoisotopic (exact) mass is 335 g/mol. The minimum absolute atomic E-state index is 0.234. The van der Waals surface area contributed by atoms with Crippen molar-refractivity contribution in [1.29, 1.82) is 0 Å². The van der Waals surface area contributed by atoms with Gasteiger partial charge >= 0.3 is 0 Å². The fourth-order valence-corrected chi connectivity index (χ4v) is 5.21. The Hall–Kier alpha value is -0.730. The van der Waals surface area contributed by atoms with Gasteiger partial charge in [-0.2, -0.15) is 0 Å². The molecular formula is C21H41N3. The highest BCUT2D eigenvalue weighted by Crippen LogP contribution is 2.42. The van der Waals surface area contributed by atoms with Crippen LogP contribution in [0, 0.1) is 17.8 Å². The molecule has 2 saturated carbocycles. The highest BCUT2D eigenvalue weighted by molar-refractivity contribution is 5.75. The van der Waals surface area contributed by atoms with E-state index in [1.807, 2.05) is 0 Å². The van der Waals surface area contributed by atoms with E-state index in [0.717, 1.165) is 30.7 Å². The predicted octanol–water partition coefficient (Wildman–Crippen LogP) is 5.38. The van der Waals surface area contributed by atoms with Crippen LogP contribution in [-0.4, -0.2) is 12.5 Å². The predicted molar refractivity (Wildman–Crippen MR) is 105 cm³/mol. The van der Waals surface area contributed by atoms with Crippen LogP contribution in [0.4, 0.5) is 0 Å². The van der Waals surface area contributed by atoms with Crippen molar-refractivity contribution in [3.05, 3.63) is 0 Å². The zero-order chi connectivity index (χ0) is 17.0. The number of aliphatic imine (C=N–C) groups is 1. The molecule has 140 valence electrons. The van der Waals surface area contributed by atoms with Crippen LogP contribution in [0.5, 0.6) is 0 Å². The zero-order valence-corrected chi connectivity index (χ0v) is 15.9. The molecule has 0 amide bonds. The average Bonchev–Trinajstić information content (AvgIpc) is 2.62. The first-order valence-corrected chi connectivity index (χ1v) is 10.8. The third-order valence-corrected chi connectivity index (χ3v) is 6.50. The van der Waals surface area contributed by atoms with Crippen LogP contribution in [0.1, 0.15) is 103 Å². The summed E-state index contributed by atoms with van der Waals surface area (Å²) in [4.78, 5) is 4.07. The van der Waals surface area contributed by atoms with Crippen molar-refractivity contribution in [2.75, 3.05) is 6.54 Å². The van der Waals surface area contributed by atoms with Crippen LogP contribution in [0.2, 0.25) is 0 Å². The molecule has 0 aromatic heterocycles. The normalized spacial score (nSPS) is 20.4. The Kier molecular flexibility index (Phi) is 9.60. The number of unbranched alkanes of at least 4 members (excludes halogenated alkanes) is 4. The number of nitrogens with two attached hydrogens (primary N) is 2. The molecule has 0 unspecified atom stereocenters. The maximum absolute atomic E-state index is 5.36. The summed E-state index contributed by atoms with van der Waals surface area (Å²) in [5.41, 5.74) is 10.7. The third kappa shape index (κ3) is 7.44. The van der Waals surface area contributed by atoms with E-state index in [2.05, 4.69) is 4.99 Å². The van der Waals surface area contributed by atoms with E-state index < -0.39 is 0 Å². The number of hydrogen-bond acceptors (Lipinski definition) is 1. The molecule has 2 aliphatic carbocycles. The van der Waals surface area contributed by atoms with Gasteiger partial charge in [-0.3, -0.25) is 4.99 Å². The van der Waals surface area contributed by atoms with Crippen LogP contribution < -0.4 is 11.5 Å². The lowest BCUT2D eigenvalue weighted by Gasteiger charge is -2.38. The molecule has 2 rings (SSSR count). The van der Waals surface area contributed by atoms with Gasteiger partial charge in [0.25, 0.3) is 0 Å². The Morgan fingerprint density at radius 3 is 1.75 bits per heavy atom. The van der Waals surface area contributed by atoms with Gasteiger partial charge in [0.15, 0.2) is 5.96 Å². The van der Waals surface area contributed by atoms with Gasteiger partial charge in [-0.15, -0.1) is 0 Å². The minimum atomic E-state index is 0.234. The first-order chi connectivity index (χ1) is 11.8. The maximum atomic E-state index is 5.36. The van der Waals surface area contributed by atoms with Crippen molar-refractivity contribution in [2.45, 2.75) is 103 Å². The zero-order valence-electron chi connectivity index (χ0n) is 15.9. The molecule has 0 saturated heterocycles. The lowest BCUT2D eigenvalue weighted by molar-refractivity contribution is 0.131. The summed E-state index contributed by atoms with van der Waals surface area (Å²) < 4.78 is 0. The van der Waals surface area contributed by atoms with Gasteiger partial charge in [0.2, 0.25) is 0 Å². The van der Waals surface area contributed by atoms with E-state index >= 15 is 0 Å². The molecular weight excluding hydrogens is 294 g/mol. The summed E-state index contributed by atoms with van der Waals surface area (Å²) in [7, 11) is 0. The second-order valence-electron chi connectivity index (χ2n) is 8.32. The molecule has 0 aromatic rings. The van der Waals surface area contributed by atoms with E-state index in [1.54, 1.807) is 0 Å². The molecule has 0 heterocycles. The fourth-order valence-electron chi connectivity index (χ4n) is 5.21. The first kappa shape index (κ1) is 19.6. The molecule has 4 N–H and O–H groups in total. The number of rotatable bonds is 10. The van der Waals surface area contributed by atoms with Gasteiger partial charge in [-0.25, -0.2) is 0 Å². The van der Waals surface area contributed by atoms with E-state index in [9.17, 15) is 0 Å².